The first kappa shape index (κ1) is 20.5. The smallest absolute Gasteiger partial charge is 0.253 e. The van der Waals surface area contributed by atoms with Crippen molar-refractivity contribution in [2.24, 2.45) is 0 Å². The van der Waals surface area contributed by atoms with Crippen molar-refractivity contribution in [1.82, 2.24) is 10.2 Å². The molecule has 2 aromatic carbocycles. The van der Waals surface area contributed by atoms with Crippen molar-refractivity contribution < 1.29 is 14.3 Å². The lowest BCUT2D eigenvalue weighted by atomic mass is 10.0. The van der Waals surface area contributed by atoms with Crippen molar-refractivity contribution >= 4 is 35.0 Å². The van der Waals surface area contributed by atoms with E-state index in [9.17, 15) is 9.59 Å². The van der Waals surface area contributed by atoms with Crippen LogP contribution in [-0.4, -0.2) is 36.4 Å². The summed E-state index contributed by atoms with van der Waals surface area (Å²) in [5.41, 5.74) is 1.37. The van der Waals surface area contributed by atoms with E-state index in [1.165, 1.54) is 6.07 Å². The SMILES string of the molecule is CCOc1ccc([C@@H]2CCCN2C(=O)CNC(=O)c2ccc(Cl)cc2Cl)cc1. The first-order valence-corrected chi connectivity index (χ1v) is 10.0. The van der Waals surface area contributed by atoms with Crippen molar-refractivity contribution in [3.05, 3.63) is 63.6 Å². The number of carbonyl (C=O) groups is 2. The van der Waals surface area contributed by atoms with E-state index in [0.29, 0.717) is 23.7 Å². The first-order chi connectivity index (χ1) is 13.5. The Bertz CT molecular complexity index is 855. The second kappa shape index (κ2) is 9.30. The quantitative estimate of drug-likeness (QED) is 0.748. The molecule has 0 radical (unpaired) electrons. The number of halogens is 2. The summed E-state index contributed by atoms with van der Waals surface area (Å²) < 4.78 is 5.47. The number of carbonyl (C=O) groups excluding carboxylic acids is 2. The lowest BCUT2D eigenvalue weighted by Crippen LogP contribution is -2.39. The summed E-state index contributed by atoms with van der Waals surface area (Å²) >= 11 is 11.9. The van der Waals surface area contributed by atoms with Gasteiger partial charge < -0.3 is 15.0 Å². The Hall–Kier alpha value is -2.24. The van der Waals surface area contributed by atoms with Crippen molar-refractivity contribution in [2.75, 3.05) is 19.7 Å². The highest BCUT2D eigenvalue weighted by Gasteiger charge is 2.30. The minimum Gasteiger partial charge on any atom is -0.494 e. The highest BCUT2D eigenvalue weighted by molar-refractivity contribution is 6.36. The Morgan fingerprint density at radius 2 is 1.93 bits per heavy atom. The molecule has 1 atom stereocenters. The van der Waals surface area contributed by atoms with Crippen LogP contribution in [0, 0.1) is 0 Å². The zero-order chi connectivity index (χ0) is 20.1. The number of nitrogens with zero attached hydrogens (tertiary/aromatic N) is 1. The first-order valence-electron chi connectivity index (χ1n) is 9.25. The van der Waals surface area contributed by atoms with E-state index in [0.717, 1.165) is 24.2 Å². The highest BCUT2D eigenvalue weighted by Crippen LogP contribution is 2.32. The van der Waals surface area contributed by atoms with Gasteiger partial charge >= 0.3 is 0 Å². The van der Waals surface area contributed by atoms with Gasteiger partial charge in [-0.2, -0.15) is 0 Å². The second-order valence-electron chi connectivity index (χ2n) is 6.55. The van der Waals surface area contributed by atoms with Crippen LogP contribution in [0.2, 0.25) is 10.0 Å². The summed E-state index contributed by atoms with van der Waals surface area (Å²) in [5.74, 6) is 0.302. The van der Waals surface area contributed by atoms with Crippen LogP contribution >= 0.6 is 23.2 Å². The Morgan fingerprint density at radius 1 is 1.18 bits per heavy atom. The summed E-state index contributed by atoms with van der Waals surface area (Å²) in [6.45, 7) is 3.15. The Balaban J connectivity index is 1.62. The van der Waals surface area contributed by atoms with Gasteiger partial charge in [-0.25, -0.2) is 0 Å². The third kappa shape index (κ3) is 4.78. The average molecular weight is 421 g/mol. The second-order valence-corrected chi connectivity index (χ2v) is 7.40. The maximum atomic E-state index is 12.7. The molecule has 148 valence electrons. The van der Waals surface area contributed by atoms with Crippen LogP contribution < -0.4 is 10.1 Å². The number of benzene rings is 2. The number of hydrogen-bond donors (Lipinski definition) is 1. The predicted molar refractivity (Wildman–Crippen MR) is 110 cm³/mol. The van der Waals surface area contributed by atoms with Crippen LogP contribution in [0.15, 0.2) is 42.5 Å². The lowest BCUT2D eigenvalue weighted by Gasteiger charge is -2.25. The summed E-state index contributed by atoms with van der Waals surface area (Å²) in [7, 11) is 0. The third-order valence-corrected chi connectivity index (χ3v) is 5.27. The normalized spacial score (nSPS) is 16.1. The van der Waals surface area contributed by atoms with Gasteiger partial charge in [-0.05, 0) is 55.7 Å². The fourth-order valence-electron chi connectivity index (χ4n) is 3.39. The zero-order valence-electron chi connectivity index (χ0n) is 15.6. The third-order valence-electron chi connectivity index (χ3n) is 4.72. The largest absolute Gasteiger partial charge is 0.494 e. The van der Waals surface area contributed by atoms with E-state index in [2.05, 4.69) is 5.32 Å². The fourth-order valence-corrected chi connectivity index (χ4v) is 3.89. The van der Waals surface area contributed by atoms with Gasteiger partial charge in [-0.1, -0.05) is 35.3 Å². The van der Waals surface area contributed by atoms with Gasteiger partial charge in [0.25, 0.3) is 5.91 Å². The summed E-state index contributed by atoms with van der Waals surface area (Å²) in [5, 5.41) is 3.36. The van der Waals surface area contributed by atoms with Gasteiger partial charge in [-0.3, -0.25) is 9.59 Å². The van der Waals surface area contributed by atoms with Crippen molar-refractivity contribution in [1.29, 1.82) is 0 Å². The minimum absolute atomic E-state index is 0.0131. The summed E-state index contributed by atoms with van der Waals surface area (Å²) in [6.07, 6.45) is 1.83. The van der Waals surface area contributed by atoms with E-state index in [1.54, 1.807) is 12.1 Å². The Morgan fingerprint density at radius 3 is 2.61 bits per heavy atom. The number of hydrogen-bond acceptors (Lipinski definition) is 3. The molecule has 0 saturated carbocycles. The van der Waals surface area contributed by atoms with Gasteiger partial charge in [0, 0.05) is 11.6 Å². The monoisotopic (exact) mass is 420 g/mol. The molecule has 28 heavy (non-hydrogen) atoms. The Kier molecular flexibility index (Phi) is 6.81. The zero-order valence-corrected chi connectivity index (χ0v) is 17.1. The molecule has 5 nitrogen and oxygen atoms in total. The van der Waals surface area contributed by atoms with E-state index >= 15 is 0 Å². The maximum Gasteiger partial charge on any atom is 0.253 e. The molecule has 2 amide bonds. The summed E-state index contributed by atoms with van der Waals surface area (Å²) in [4.78, 5) is 26.8. The van der Waals surface area contributed by atoms with Crippen LogP contribution in [0.25, 0.3) is 0 Å². The van der Waals surface area contributed by atoms with E-state index in [-0.39, 0.29) is 23.5 Å². The van der Waals surface area contributed by atoms with Gasteiger partial charge in [0.05, 0.1) is 29.8 Å². The lowest BCUT2D eigenvalue weighted by molar-refractivity contribution is -0.131. The molecular weight excluding hydrogens is 399 g/mol. The van der Waals surface area contributed by atoms with E-state index < -0.39 is 5.91 Å². The topological polar surface area (TPSA) is 58.6 Å². The van der Waals surface area contributed by atoms with Gasteiger partial charge in [0.15, 0.2) is 0 Å². The molecule has 1 fully saturated rings. The van der Waals surface area contributed by atoms with Gasteiger partial charge in [-0.15, -0.1) is 0 Å². The minimum atomic E-state index is -0.396. The summed E-state index contributed by atoms with van der Waals surface area (Å²) in [6, 6.07) is 12.5. The van der Waals surface area contributed by atoms with Gasteiger partial charge in [0.1, 0.15) is 5.75 Å². The number of ether oxygens (including phenoxy) is 1. The molecule has 1 heterocycles. The number of amides is 2. The molecule has 3 rings (SSSR count). The van der Waals surface area contributed by atoms with E-state index in [1.807, 2.05) is 36.1 Å². The highest BCUT2D eigenvalue weighted by atomic mass is 35.5. The molecular formula is C21H22Cl2N2O3. The van der Waals surface area contributed by atoms with Crippen molar-refractivity contribution in [3.8, 4) is 5.75 Å². The number of rotatable bonds is 6. The molecule has 2 aromatic rings. The number of nitrogens with one attached hydrogen (secondary N) is 1. The standard InChI is InChI=1S/C21H22Cl2N2O3/c1-2-28-16-8-5-14(6-9-16)19-4-3-11-25(19)20(26)13-24-21(27)17-10-7-15(22)12-18(17)23/h5-10,12,19H,2-4,11,13H2,1H3,(H,24,27)/t19-/m0/s1. The van der Waals surface area contributed by atoms with Crippen molar-refractivity contribution in [3.63, 3.8) is 0 Å². The van der Waals surface area contributed by atoms with Crippen LogP contribution in [0.1, 0.15) is 41.7 Å². The average Bonchev–Trinajstić information content (AvgIpc) is 3.16. The van der Waals surface area contributed by atoms with Crippen LogP contribution in [-0.2, 0) is 4.79 Å². The molecule has 0 aliphatic carbocycles. The molecule has 0 spiro atoms. The van der Waals surface area contributed by atoms with Crippen LogP contribution in [0.4, 0.5) is 0 Å². The fraction of sp³-hybridized carbons (Fsp3) is 0.333. The molecule has 0 aromatic heterocycles. The van der Waals surface area contributed by atoms with Crippen molar-refractivity contribution in [2.45, 2.75) is 25.8 Å². The maximum absolute atomic E-state index is 12.7. The molecule has 1 aliphatic heterocycles. The number of likely N-dealkylation sites (tertiary alicyclic amines) is 1. The van der Waals surface area contributed by atoms with Gasteiger partial charge in [0.2, 0.25) is 5.91 Å². The molecule has 1 saturated heterocycles. The predicted octanol–water partition coefficient (Wildman–Crippen LogP) is 4.49. The molecule has 7 heteroatoms. The molecule has 1 aliphatic rings. The van der Waals surface area contributed by atoms with E-state index in [4.69, 9.17) is 27.9 Å². The van der Waals surface area contributed by atoms with Crippen LogP contribution in [0.3, 0.4) is 0 Å². The molecule has 1 N–H and O–H groups in total. The molecule has 0 bridgehead atoms. The van der Waals surface area contributed by atoms with Crippen LogP contribution in [0.5, 0.6) is 5.75 Å². The Labute approximate surface area is 174 Å². The molecule has 0 unspecified atom stereocenters.